The predicted octanol–water partition coefficient (Wildman–Crippen LogP) is 3.75. The van der Waals surface area contributed by atoms with Gasteiger partial charge in [0.25, 0.3) is 5.89 Å². The molecular weight excluding hydrogens is 290 g/mol. The number of hydrogen-bond donors (Lipinski definition) is 1. The molecule has 0 radical (unpaired) electrons. The average Bonchev–Trinajstić information content (AvgIpc) is 2.96. The van der Waals surface area contributed by atoms with E-state index >= 15 is 0 Å². The van der Waals surface area contributed by atoms with Gasteiger partial charge in [0.2, 0.25) is 5.89 Å². The fourth-order valence-corrected chi connectivity index (χ4v) is 1.99. The lowest BCUT2D eigenvalue weighted by atomic mass is 10.2. The summed E-state index contributed by atoms with van der Waals surface area (Å²) in [6.07, 6.45) is 1.97. The van der Waals surface area contributed by atoms with Crippen molar-refractivity contribution in [3.05, 3.63) is 41.1 Å². The molecule has 1 aromatic carbocycles. The lowest BCUT2D eigenvalue weighted by molar-refractivity contribution is 0.253. The minimum Gasteiger partial charge on any atom is -0.484 e. The number of nitrogens with zero attached hydrogens (tertiary/aromatic N) is 2. The first-order chi connectivity index (χ1) is 10.2. The van der Waals surface area contributed by atoms with Crippen LogP contribution in [0, 0.1) is 0 Å². The number of nitrogens with one attached hydrogen (secondary N) is 1. The molecule has 114 valence electrons. The second kappa shape index (κ2) is 8.00. The van der Waals surface area contributed by atoms with Crippen LogP contribution in [-0.4, -0.2) is 16.7 Å². The average molecular weight is 310 g/mol. The highest BCUT2D eigenvalue weighted by Gasteiger charge is 2.16. The van der Waals surface area contributed by atoms with Gasteiger partial charge in [-0.05, 0) is 43.7 Å². The summed E-state index contributed by atoms with van der Waals surface area (Å²) in [6.45, 7) is 5.39. The standard InChI is InChI=1S/C15H20ClN3O2/c1-3-9-17-13(4-2)15-19-18-14(21-15)10-20-12-7-5-11(16)6-8-12/h5-8,13,17H,3-4,9-10H2,1-2H3. The summed E-state index contributed by atoms with van der Waals surface area (Å²) in [5, 5.41) is 12.2. The van der Waals surface area contributed by atoms with Gasteiger partial charge in [-0.3, -0.25) is 0 Å². The van der Waals surface area contributed by atoms with Gasteiger partial charge >= 0.3 is 0 Å². The molecule has 1 N–H and O–H groups in total. The number of ether oxygens (including phenoxy) is 1. The van der Waals surface area contributed by atoms with Crippen LogP contribution in [0.2, 0.25) is 5.02 Å². The molecule has 21 heavy (non-hydrogen) atoms. The third kappa shape index (κ3) is 4.72. The minimum absolute atomic E-state index is 0.0988. The Morgan fingerprint density at radius 1 is 1.24 bits per heavy atom. The van der Waals surface area contributed by atoms with E-state index < -0.39 is 0 Å². The van der Waals surface area contributed by atoms with Crippen LogP contribution < -0.4 is 10.1 Å². The van der Waals surface area contributed by atoms with Gasteiger partial charge in [0.05, 0.1) is 6.04 Å². The summed E-state index contributed by atoms with van der Waals surface area (Å²) in [6, 6.07) is 7.26. The molecule has 6 heteroatoms. The normalized spacial score (nSPS) is 12.3. The fourth-order valence-electron chi connectivity index (χ4n) is 1.87. The Morgan fingerprint density at radius 2 is 2.00 bits per heavy atom. The maximum atomic E-state index is 5.82. The zero-order valence-electron chi connectivity index (χ0n) is 12.3. The second-order valence-electron chi connectivity index (χ2n) is 4.69. The Labute approximate surface area is 129 Å². The quantitative estimate of drug-likeness (QED) is 0.804. The van der Waals surface area contributed by atoms with Crippen molar-refractivity contribution in [3.8, 4) is 5.75 Å². The smallest absolute Gasteiger partial charge is 0.253 e. The van der Waals surface area contributed by atoms with E-state index in [4.69, 9.17) is 20.8 Å². The Morgan fingerprint density at radius 3 is 2.67 bits per heavy atom. The van der Waals surface area contributed by atoms with E-state index in [1.54, 1.807) is 24.3 Å². The topological polar surface area (TPSA) is 60.2 Å². The van der Waals surface area contributed by atoms with Crippen molar-refractivity contribution in [2.75, 3.05) is 6.54 Å². The van der Waals surface area contributed by atoms with E-state index in [9.17, 15) is 0 Å². The van der Waals surface area contributed by atoms with Crippen LogP contribution in [0.15, 0.2) is 28.7 Å². The molecule has 2 aromatic rings. The summed E-state index contributed by atoms with van der Waals surface area (Å²) < 4.78 is 11.2. The largest absolute Gasteiger partial charge is 0.484 e. The van der Waals surface area contributed by atoms with Gasteiger partial charge in [-0.1, -0.05) is 25.4 Å². The first-order valence-corrected chi connectivity index (χ1v) is 7.54. The number of benzene rings is 1. The third-order valence-corrected chi connectivity index (χ3v) is 3.26. The summed E-state index contributed by atoms with van der Waals surface area (Å²) in [5.41, 5.74) is 0. The van der Waals surface area contributed by atoms with Crippen molar-refractivity contribution < 1.29 is 9.15 Å². The van der Waals surface area contributed by atoms with Gasteiger partial charge in [-0.2, -0.15) is 0 Å². The van der Waals surface area contributed by atoms with Gasteiger partial charge in [0, 0.05) is 5.02 Å². The summed E-state index contributed by atoms with van der Waals surface area (Å²) in [4.78, 5) is 0. The molecule has 1 aromatic heterocycles. The maximum Gasteiger partial charge on any atom is 0.253 e. The number of hydrogen-bond acceptors (Lipinski definition) is 5. The van der Waals surface area contributed by atoms with E-state index in [0.29, 0.717) is 16.8 Å². The molecule has 1 heterocycles. The van der Waals surface area contributed by atoms with Crippen LogP contribution in [0.3, 0.4) is 0 Å². The van der Waals surface area contributed by atoms with Crippen LogP contribution in [0.4, 0.5) is 0 Å². The van der Waals surface area contributed by atoms with Crippen molar-refractivity contribution >= 4 is 11.6 Å². The van der Waals surface area contributed by atoms with Crippen LogP contribution in [0.1, 0.15) is 44.5 Å². The molecule has 0 aliphatic heterocycles. The molecule has 0 amide bonds. The lowest BCUT2D eigenvalue weighted by Gasteiger charge is -2.11. The summed E-state index contributed by atoms with van der Waals surface area (Å²) in [7, 11) is 0. The van der Waals surface area contributed by atoms with Gasteiger partial charge in [-0.15, -0.1) is 10.2 Å². The van der Waals surface area contributed by atoms with Gasteiger partial charge in [0.15, 0.2) is 6.61 Å². The van der Waals surface area contributed by atoms with Crippen LogP contribution in [-0.2, 0) is 6.61 Å². The Hall–Kier alpha value is -1.59. The Bertz CT molecular complexity index is 542. The van der Waals surface area contributed by atoms with E-state index in [0.717, 1.165) is 25.1 Å². The van der Waals surface area contributed by atoms with Crippen molar-refractivity contribution in [1.82, 2.24) is 15.5 Å². The molecule has 1 unspecified atom stereocenters. The second-order valence-corrected chi connectivity index (χ2v) is 5.13. The maximum absolute atomic E-state index is 5.82. The molecule has 0 fully saturated rings. The molecular formula is C15H20ClN3O2. The van der Waals surface area contributed by atoms with Gasteiger partial charge in [-0.25, -0.2) is 0 Å². The third-order valence-electron chi connectivity index (χ3n) is 3.01. The highest BCUT2D eigenvalue weighted by Crippen LogP contribution is 2.18. The van der Waals surface area contributed by atoms with Gasteiger partial charge < -0.3 is 14.5 Å². The molecule has 0 saturated heterocycles. The monoisotopic (exact) mass is 309 g/mol. The van der Waals surface area contributed by atoms with E-state index in [-0.39, 0.29) is 12.6 Å². The molecule has 0 aliphatic carbocycles. The Balaban J connectivity index is 1.91. The molecule has 1 atom stereocenters. The zero-order valence-corrected chi connectivity index (χ0v) is 13.1. The van der Waals surface area contributed by atoms with E-state index in [2.05, 4.69) is 29.4 Å². The first-order valence-electron chi connectivity index (χ1n) is 7.17. The first kappa shape index (κ1) is 15.8. The predicted molar refractivity (Wildman–Crippen MR) is 81.4 cm³/mol. The van der Waals surface area contributed by atoms with Crippen LogP contribution >= 0.6 is 11.6 Å². The van der Waals surface area contributed by atoms with Crippen LogP contribution in [0.25, 0.3) is 0 Å². The summed E-state index contributed by atoms with van der Waals surface area (Å²) >= 11 is 5.82. The zero-order chi connectivity index (χ0) is 15.1. The fraction of sp³-hybridized carbons (Fsp3) is 0.467. The highest BCUT2D eigenvalue weighted by atomic mass is 35.5. The van der Waals surface area contributed by atoms with E-state index in [1.807, 2.05) is 0 Å². The molecule has 0 saturated carbocycles. The molecule has 0 spiro atoms. The summed E-state index contributed by atoms with van der Waals surface area (Å²) in [5.74, 6) is 1.80. The number of aromatic nitrogens is 2. The van der Waals surface area contributed by atoms with Gasteiger partial charge in [0.1, 0.15) is 5.75 Å². The molecule has 5 nitrogen and oxygen atoms in total. The lowest BCUT2D eigenvalue weighted by Crippen LogP contribution is -2.21. The van der Waals surface area contributed by atoms with Crippen molar-refractivity contribution in [1.29, 1.82) is 0 Å². The molecule has 0 bridgehead atoms. The van der Waals surface area contributed by atoms with E-state index in [1.165, 1.54) is 0 Å². The molecule has 2 rings (SSSR count). The SMILES string of the molecule is CCCNC(CC)c1nnc(COc2ccc(Cl)cc2)o1. The minimum atomic E-state index is 0.0988. The number of halogens is 1. The Kier molecular flexibility index (Phi) is 6.02. The molecule has 0 aliphatic rings. The van der Waals surface area contributed by atoms with Crippen molar-refractivity contribution in [2.45, 2.75) is 39.3 Å². The van der Waals surface area contributed by atoms with Crippen molar-refractivity contribution in [3.63, 3.8) is 0 Å². The number of rotatable bonds is 8. The highest BCUT2D eigenvalue weighted by molar-refractivity contribution is 6.30. The van der Waals surface area contributed by atoms with Crippen LogP contribution in [0.5, 0.6) is 5.75 Å². The van der Waals surface area contributed by atoms with Crippen molar-refractivity contribution in [2.24, 2.45) is 0 Å².